The number of carbonyl (C=O) groups is 1. The van der Waals surface area contributed by atoms with Gasteiger partial charge in [-0.1, -0.05) is 5.10 Å². The summed E-state index contributed by atoms with van der Waals surface area (Å²) in [5.41, 5.74) is 4.72. The molecule has 1 saturated heterocycles. The number of nitrogens with one attached hydrogen (secondary N) is 2. The Labute approximate surface area is 213 Å². The van der Waals surface area contributed by atoms with Gasteiger partial charge in [0, 0.05) is 48.7 Å². The summed E-state index contributed by atoms with van der Waals surface area (Å²) in [6.45, 7) is 8.16. The highest BCUT2D eigenvalue weighted by molar-refractivity contribution is 6.07. The third-order valence-corrected chi connectivity index (χ3v) is 7.10. The van der Waals surface area contributed by atoms with Crippen LogP contribution < -0.4 is 15.1 Å². The highest BCUT2D eigenvalue weighted by atomic mass is 16.5. The van der Waals surface area contributed by atoms with E-state index in [1.165, 1.54) is 0 Å². The van der Waals surface area contributed by atoms with Gasteiger partial charge in [-0.05, 0) is 61.5 Å². The zero-order valence-electron chi connectivity index (χ0n) is 21.1. The fourth-order valence-electron chi connectivity index (χ4n) is 5.05. The number of benzene rings is 1. The summed E-state index contributed by atoms with van der Waals surface area (Å²) < 4.78 is 7.32. The number of hydrogen-bond acceptors (Lipinski definition) is 9. The summed E-state index contributed by atoms with van der Waals surface area (Å²) in [5, 5.41) is 23.5. The number of carbonyl (C=O) groups excluding carboxylic acids is 1. The Morgan fingerprint density at radius 2 is 2.08 bits per heavy atom. The minimum absolute atomic E-state index is 0.161. The molecule has 5 heterocycles. The molecule has 1 aromatic carbocycles. The zero-order valence-corrected chi connectivity index (χ0v) is 21.1. The van der Waals surface area contributed by atoms with Crippen molar-refractivity contribution in [1.82, 2.24) is 35.4 Å². The van der Waals surface area contributed by atoms with Crippen molar-refractivity contribution in [3.63, 3.8) is 0 Å². The molecule has 6 rings (SSSR count). The van der Waals surface area contributed by atoms with Crippen molar-refractivity contribution in [2.45, 2.75) is 32.9 Å². The molecule has 3 aromatic heterocycles. The van der Waals surface area contributed by atoms with E-state index in [1.54, 1.807) is 10.9 Å². The van der Waals surface area contributed by atoms with Crippen LogP contribution in [0.15, 0.2) is 47.8 Å². The Hall–Kier alpha value is -4.32. The Morgan fingerprint density at radius 3 is 2.92 bits per heavy atom. The molecule has 12 heteroatoms. The molecule has 1 amide bonds. The number of tetrazole rings is 1. The number of H-pyrrole nitrogens is 1. The van der Waals surface area contributed by atoms with Gasteiger partial charge in [0.15, 0.2) is 0 Å². The first-order valence-corrected chi connectivity index (χ1v) is 12.3. The van der Waals surface area contributed by atoms with Gasteiger partial charge in [0.25, 0.3) is 5.91 Å². The van der Waals surface area contributed by atoms with Crippen LogP contribution in [0.5, 0.6) is 0 Å². The van der Waals surface area contributed by atoms with Gasteiger partial charge in [-0.15, -0.1) is 0 Å². The first-order chi connectivity index (χ1) is 17.9. The van der Waals surface area contributed by atoms with Crippen molar-refractivity contribution >= 4 is 34.3 Å². The fraction of sp³-hybridized carbons (Fsp3) is 0.360. The second-order valence-corrected chi connectivity index (χ2v) is 9.47. The number of amides is 1. The molecule has 1 unspecified atom stereocenters. The number of aromatic nitrogens is 7. The van der Waals surface area contributed by atoms with Gasteiger partial charge in [0.05, 0.1) is 29.8 Å². The van der Waals surface area contributed by atoms with Gasteiger partial charge >= 0.3 is 0 Å². The maximum Gasteiger partial charge on any atom is 0.255 e. The van der Waals surface area contributed by atoms with E-state index in [0.717, 1.165) is 46.8 Å². The molecule has 2 aliphatic rings. The van der Waals surface area contributed by atoms with Gasteiger partial charge in [-0.3, -0.25) is 9.89 Å². The van der Waals surface area contributed by atoms with E-state index in [-0.39, 0.29) is 18.1 Å². The Bertz CT molecular complexity index is 1520. The maximum atomic E-state index is 13.4. The van der Waals surface area contributed by atoms with E-state index < -0.39 is 0 Å². The van der Waals surface area contributed by atoms with E-state index in [1.807, 2.05) is 50.1 Å². The van der Waals surface area contributed by atoms with E-state index in [2.05, 4.69) is 53.9 Å². The molecule has 2 N–H and O–H groups in total. The molecule has 4 aromatic rings. The summed E-state index contributed by atoms with van der Waals surface area (Å²) in [7, 11) is 1.85. The molecular formula is C25H28N10O2. The predicted molar refractivity (Wildman–Crippen MR) is 139 cm³/mol. The van der Waals surface area contributed by atoms with Gasteiger partial charge in [-0.25, -0.2) is 9.67 Å². The Balaban J connectivity index is 1.29. The normalized spacial score (nSPS) is 19.9. The number of rotatable bonds is 4. The van der Waals surface area contributed by atoms with Crippen LogP contribution in [0, 0.1) is 0 Å². The molecule has 0 aliphatic carbocycles. The number of ether oxygens (including phenoxy) is 1. The van der Waals surface area contributed by atoms with Crippen LogP contribution in [0.4, 0.5) is 17.5 Å². The van der Waals surface area contributed by atoms with Crippen LogP contribution in [0.25, 0.3) is 22.2 Å². The number of pyridine rings is 1. The maximum absolute atomic E-state index is 13.4. The topological polar surface area (TPSA) is 130 Å². The van der Waals surface area contributed by atoms with Crippen LogP contribution in [-0.4, -0.2) is 74.1 Å². The number of fused-ring (bicyclic) bond motifs is 2. The van der Waals surface area contributed by atoms with Crippen molar-refractivity contribution in [3.8, 4) is 11.3 Å². The van der Waals surface area contributed by atoms with Crippen molar-refractivity contribution in [1.29, 1.82) is 0 Å². The molecule has 1 fully saturated rings. The number of morpholine rings is 1. The molecule has 0 bridgehead atoms. The van der Waals surface area contributed by atoms with Gasteiger partial charge < -0.3 is 19.9 Å². The molecular weight excluding hydrogens is 472 g/mol. The second kappa shape index (κ2) is 8.96. The van der Waals surface area contributed by atoms with E-state index in [9.17, 15) is 4.79 Å². The first-order valence-electron chi connectivity index (χ1n) is 12.3. The second-order valence-electron chi connectivity index (χ2n) is 9.47. The molecule has 0 radical (unpaired) electrons. The fourth-order valence-corrected chi connectivity index (χ4v) is 5.05. The van der Waals surface area contributed by atoms with Crippen LogP contribution in [0.1, 0.15) is 26.8 Å². The molecule has 37 heavy (non-hydrogen) atoms. The number of anilines is 3. The third kappa shape index (κ3) is 3.99. The van der Waals surface area contributed by atoms with Crippen LogP contribution in [-0.2, 0) is 9.53 Å². The minimum atomic E-state index is -0.299. The Kier molecular flexibility index (Phi) is 5.60. The Morgan fingerprint density at radius 1 is 1.22 bits per heavy atom. The lowest BCUT2D eigenvalue weighted by molar-refractivity contribution is -0.113. The number of aromatic amines is 1. The highest BCUT2D eigenvalue weighted by Gasteiger charge is 2.32. The van der Waals surface area contributed by atoms with E-state index in [0.29, 0.717) is 23.8 Å². The van der Waals surface area contributed by atoms with Crippen LogP contribution in [0.2, 0.25) is 0 Å². The summed E-state index contributed by atoms with van der Waals surface area (Å²) in [6, 6.07) is 9.43. The van der Waals surface area contributed by atoms with Gasteiger partial charge in [0.2, 0.25) is 5.95 Å². The molecule has 12 nitrogen and oxygen atoms in total. The van der Waals surface area contributed by atoms with Crippen LogP contribution >= 0.6 is 0 Å². The van der Waals surface area contributed by atoms with Crippen LogP contribution in [0.3, 0.4) is 0 Å². The van der Waals surface area contributed by atoms with E-state index >= 15 is 0 Å². The lowest BCUT2D eigenvalue weighted by atomic mass is 10.0. The monoisotopic (exact) mass is 500 g/mol. The highest BCUT2D eigenvalue weighted by Crippen LogP contribution is 2.34. The standard InChI is InChI=1S/C25H28N10O2/c1-14-13-34(9-10-37-14)21-11-17(7-8-26-21)23-19-12-18(5-6-20(19)28-29-23)27-24(36)22-15(2)33(4)25-30-31-32-35(25)16(22)3/h5-8,11-12,14,16H,9-10,13H2,1-4H3,(H,27,36)(H,28,29)/t14-,16?/m0/s1. The quantitative estimate of drug-likeness (QED) is 0.434. The van der Waals surface area contributed by atoms with Gasteiger partial charge in [0.1, 0.15) is 11.5 Å². The predicted octanol–water partition coefficient (Wildman–Crippen LogP) is 2.76. The minimum Gasteiger partial charge on any atom is -0.375 e. The summed E-state index contributed by atoms with van der Waals surface area (Å²) in [5.74, 6) is 1.30. The van der Waals surface area contributed by atoms with Crippen molar-refractivity contribution in [2.24, 2.45) is 0 Å². The summed E-state index contributed by atoms with van der Waals surface area (Å²) >= 11 is 0. The smallest absolute Gasteiger partial charge is 0.255 e. The number of allylic oxidation sites excluding steroid dienone is 1. The van der Waals surface area contributed by atoms with Crippen molar-refractivity contribution in [3.05, 3.63) is 47.8 Å². The molecule has 190 valence electrons. The largest absolute Gasteiger partial charge is 0.375 e. The molecule has 0 saturated carbocycles. The third-order valence-electron chi connectivity index (χ3n) is 7.10. The molecule has 2 atom stereocenters. The SMILES string of the molecule is CC1=C(C(=O)Nc2ccc3[nH]nc(-c4ccnc(N5CCO[C@@H](C)C5)c4)c3c2)C(C)n2nnnc2N1C. The number of nitrogens with zero attached hydrogens (tertiary/aromatic N) is 8. The first kappa shape index (κ1) is 23.1. The van der Waals surface area contributed by atoms with E-state index in [4.69, 9.17) is 4.74 Å². The molecule has 2 aliphatic heterocycles. The van der Waals surface area contributed by atoms with Crippen molar-refractivity contribution < 1.29 is 9.53 Å². The lowest BCUT2D eigenvalue weighted by Gasteiger charge is -2.32. The van der Waals surface area contributed by atoms with Crippen molar-refractivity contribution in [2.75, 3.05) is 41.9 Å². The lowest BCUT2D eigenvalue weighted by Crippen LogP contribution is -2.41. The van der Waals surface area contributed by atoms with Gasteiger partial charge in [-0.2, -0.15) is 5.10 Å². The summed E-state index contributed by atoms with van der Waals surface area (Å²) in [4.78, 5) is 22.0. The average Bonchev–Trinajstić information content (AvgIpc) is 3.55. The number of hydrogen-bond donors (Lipinski definition) is 2. The summed E-state index contributed by atoms with van der Waals surface area (Å²) in [6.07, 6.45) is 1.97. The zero-order chi connectivity index (χ0) is 25.7. The average molecular weight is 501 g/mol. The molecule has 0 spiro atoms.